The molecule has 2 fully saturated rings. The van der Waals surface area contributed by atoms with Crippen molar-refractivity contribution >= 4 is 46.1 Å². The minimum absolute atomic E-state index is 0.125. The van der Waals surface area contributed by atoms with Crippen LogP contribution in [0.25, 0.3) is 6.08 Å². The molecule has 8 heteroatoms. The van der Waals surface area contributed by atoms with E-state index in [1.165, 1.54) is 17.3 Å². The normalized spacial score (nSPS) is 17.0. The van der Waals surface area contributed by atoms with Gasteiger partial charge in [-0.1, -0.05) is 84.6 Å². The first kappa shape index (κ1) is 28.8. The monoisotopic (exact) mass is 582 g/mol. The molecule has 0 spiro atoms. The van der Waals surface area contributed by atoms with Crippen molar-refractivity contribution in [1.29, 1.82) is 5.26 Å². The van der Waals surface area contributed by atoms with Gasteiger partial charge in [0.2, 0.25) is 0 Å². The summed E-state index contributed by atoms with van der Waals surface area (Å²) in [6.45, 7) is 6.29. The lowest BCUT2D eigenvalue weighted by molar-refractivity contribution is -0.122. The molecule has 0 saturated carbocycles. The molecule has 5 rings (SSSR count). The smallest absolute Gasteiger partial charge is 0.270 e. The molecule has 0 N–H and O–H groups in total. The second-order valence-electron chi connectivity index (χ2n) is 10.6. The summed E-state index contributed by atoms with van der Waals surface area (Å²) in [5.74, 6) is 1.23. The zero-order valence-electron chi connectivity index (χ0n) is 23.5. The largest absolute Gasteiger partial charge is 0.357 e. The number of anilines is 1. The zero-order valence-corrected chi connectivity index (χ0v) is 25.1. The molecule has 6 nitrogen and oxygen atoms in total. The highest BCUT2D eigenvalue weighted by Gasteiger charge is 2.33. The maximum absolute atomic E-state index is 13.5. The van der Waals surface area contributed by atoms with Crippen molar-refractivity contribution < 1.29 is 4.79 Å². The summed E-state index contributed by atoms with van der Waals surface area (Å²) in [5, 5.41) is 9.90. The topological polar surface area (TPSA) is 69.3 Å². The van der Waals surface area contributed by atoms with Crippen molar-refractivity contribution in [1.82, 2.24) is 9.47 Å². The first-order valence-corrected chi connectivity index (χ1v) is 15.4. The SMILES string of the molecule is CCn1c(N2CCC(Cc3ccccc3)CC2)c(/C=C2/SC(=S)N(CCc3ccccc3)C2=O)c(C)c(C#N)c1=O. The van der Waals surface area contributed by atoms with Crippen LogP contribution in [0, 0.1) is 24.2 Å². The van der Waals surface area contributed by atoms with Crippen molar-refractivity contribution in [2.45, 2.75) is 46.1 Å². The number of pyridine rings is 1. The maximum Gasteiger partial charge on any atom is 0.270 e. The summed E-state index contributed by atoms with van der Waals surface area (Å²) in [6.07, 6.45) is 5.62. The van der Waals surface area contributed by atoms with Crippen LogP contribution in [0.2, 0.25) is 0 Å². The number of thiocarbonyl (C=S) groups is 1. The fraction of sp³-hybridized carbons (Fsp3) is 0.333. The van der Waals surface area contributed by atoms with Gasteiger partial charge >= 0.3 is 0 Å². The van der Waals surface area contributed by atoms with Crippen LogP contribution in [-0.2, 0) is 24.2 Å². The summed E-state index contributed by atoms with van der Waals surface area (Å²) in [5.41, 5.74) is 3.71. The van der Waals surface area contributed by atoms with E-state index in [2.05, 4.69) is 35.2 Å². The molecule has 3 heterocycles. The molecule has 3 aromatic rings. The Morgan fingerprint density at radius 1 is 1.02 bits per heavy atom. The van der Waals surface area contributed by atoms with Gasteiger partial charge in [0, 0.05) is 31.7 Å². The van der Waals surface area contributed by atoms with Gasteiger partial charge in [0.25, 0.3) is 11.5 Å². The second-order valence-corrected chi connectivity index (χ2v) is 12.3. The molecule has 1 amide bonds. The van der Waals surface area contributed by atoms with Crippen LogP contribution in [-0.4, -0.2) is 39.3 Å². The average molecular weight is 583 g/mol. The third-order valence-corrected chi connectivity index (χ3v) is 9.44. The Morgan fingerprint density at radius 2 is 1.66 bits per heavy atom. The Balaban J connectivity index is 1.45. The van der Waals surface area contributed by atoms with E-state index < -0.39 is 0 Å². The number of hydrogen-bond donors (Lipinski definition) is 0. The number of nitrogens with zero attached hydrogens (tertiary/aromatic N) is 4. The summed E-state index contributed by atoms with van der Waals surface area (Å²) in [7, 11) is 0. The molecule has 0 atom stereocenters. The molecule has 2 aromatic carbocycles. The van der Waals surface area contributed by atoms with E-state index >= 15 is 0 Å². The van der Waals surface area contributed by atoms with E-state index in [4.69, 9.17) is 12.2 Å². The summed E-state index contributed by atoms with van der Waals surface area (Å²) in [4.78, 5) is 31.4. The number of carbonyl (C=O) groups is 1. The number of thioether (sulfide) groups is 1. The molecule has 1 aromatic heterocycles. The van der Waals surface area contributed by atoms with Crippen molar-refractivity contribution in [3.8, 4) is 6.07 Å². The molecular formula is C33H34N4O2S2. The number of aromatic nitrogens is 1. The van der Waals surface area contributed by atoms with Crippen LogP contribution in [0.1, 0.15) is 47.6 Å². The first-order chi connectivity index (χ1) is 19.9. The Bertz CT molecular complexity index is 1570. The third-order valence-electron chi connectivity index (χ3n) is 8.06. The van der Waals surface area contributed by atoms with E-state index in [0.717, 1.165) is 49.3 Å². The fourth-order valence-electron chi connectivity index (χ4n) is 5.78. The fourth-order valence-corrected chi connectivity index (χ4v) is 7.07. The lowest BCUT2D eigenvalue weighted by Crippen LogP contribution is -2.39. The molecule has 0 unspecified atom stereocenters. The Labute approximate surface area is 251 Å². The molecule has 2 aliphatic heterocycles. The van der Waals surface area contributed by atoms with Gasteiger partial charge in [0.05, 0.1) is 4.91 Å². The number of hydrogen-bond acceptors (Lipinski definition) is 6. The molecule has 41 heavy (non-hydrogen) atoms. The minimum atomic E-state index is -0.276. The zero-order chi connectivity index (χ0) is 28.9. The van der Waals surface area contributed by atoms with E-state index in [-0.39, 0.29) is 17.0 Å². The number of amides is 1. The number of piperidine rings is 1. The molecule has 210 valence electrons. The minimum Gasteiger partial charge on any atom is -0.357 e. The standard InChI is InChI=1S/C33H34N4O2S2/c1-3-36-30(35-17-14-26(15-18-35)20-25-12-8-5-9-13-25)27(23(2)28(22-34)31(36)38)21-29-32(39)37(33(40)41-29)19-16-24-10-6-4-7-11-24/h4-13,21,26H,3,14-20H2,1-2H3/b29-21+. The Kier molecular flexibility index (Phi) is 9.06. The van der Waals surface area contributed by atoms with Gasteiger partial charge in [-0.05, 0) is 68.2 Å². The van der Waals surface area contributed by atoms with Crippen LogP contribution in [0.5, 0.6) is 0 Å². The molecule has 2 saturated heterocycles. The van der Waals surface area contributed by atoms with Crippen molar-refractivity contribution in [2.75, 3.05) is 24.5 Å². The predicted octanol–water partition coefficient (Wildman–Crippen LogP) is 5.95. The molecule has 2 aliphatic rings. The molecule has 0 bridgehead atoms. The quantitative estimate of drug-likeness (QED) is 0.242. The van der Waals surface area contributed by atoms with Crippen LogP contribution < -0.4 is 10.5 Å². The summed E-state index contributed by atoms with van der Waals surface area (Å²) < 4.78 is 2.23. The van der Waals surface area contributed by atoms with Gasteiger partial charge < -0.3 is 4.90 Å². The lowest BCUT2D eigenvalue weighted by atomic mass is 9.90. The third kappa shape index (κ3) is 6.17. The molecular weight excluding hydrogens is 549 g/mol. The van der Waals surface area contributed by atoms with Crippen LogP contribution >= 0.6 is 24.0 Å². The highest BCUT2D eigenvalue weighted by atomic mass is 32.2. The number of carbonyl (C=O) groups excluding carboxylic acids is 1. The van der Waals surface area contributed by atoms with Crippen LogP contribution in [0.4, 0.5) is 5.82 Å². The molecule has 0 aliphatic carbocycles. The Hall–Kier alpha value is -3.67. The van der Waals surface area contributed by atoms with Crippen molar-refractivity contribution in [3.05, 3.63) is 104 Å². The number of benzene rings is 2. The van der Waals surface area contributed by atoms with Gasteiger partial charge in [-0.3, -0.25) is 19.1 Å². The van der Waals surface area contributed by atoms with Crippen LogP contribution in [0.15, 0.2) is 70.4 Å². The van der Waals surface area contributed by atoms with Crippen LogP contribution in [0.3, 0.4) is 0 Å². The summed E-state index contributed by atoms with van der Waals surface area (Å²) in [6, 6.07) is 22.7. The molecule has 0 radical (unpaired) electrons. The average Bonchev–Trinajstić information content (AvgIpc) is 3.26. The van der Waals surface area contributed by atoms with E-state index in [1.54, 1.807) is 9.47 Å². The van der Waals surface area contributed by atoms with E-state index in [9.17, 15) is 14.9 Å². The van der Waals surface area contributed by atoms with Crippen molar-refractivity contribution in [3.63, 3.8) is 0 Å². The highest BCUT2D eigenvalue weighted by molar-refractivity contribution is 8.26. The van der Waals surface area contributed by atoms with Gasteiger partial charge in [-0.2, -0.15) is 5.26 Å². The van der Waals surface area contributed by atoms with Gasteiger partial charge in [-0.25, -0.2) is 0 Å². The second kappa shape index (κ2) is 12.9. The number of rotatable bonds is 8. The van der Waals surface area contributed by atoms with Gasteiger partial charge in [0.1, 0.15) is 21.8 Å². The van der Waals surface area contributed by atoms with Gasteiger partial charge in [-0.15, -0.1) is 0 Å². The van der Waals surface area contributed by atoms with Gasteiger partial charge in [0.15, 0.2) is 0 Å². The van der Waals surface area contributed by atoms with E-state index in [0.29, 0.717) is 40.2 Å². The number of nitriles is 1. The maximum atomic E-state index is 13.5. The summed E-state index contributed by atoms with van der Waals surface area (Å²) >= 11 is 6.90. The predicted molar refractivity (Wildman–Crippen MR) is 171 cm³/mol. The van der Waals surface area contributed by atoms with Crippen molar-refractivity contribution in [2.24, 2.45) is 5.92 Å². The Morgan fingerprint density at radius 3 is 2.27 bits per heavy atom. The first-order valence-electron chi connectivity index (χ1n) is 14.2. The highest BCUT2D eigenvalue weighted by Crippen LogP contribution is 2.37. The van der Waals surface area contributed by atoms with E-state index in [1.807, 2.05) is 56.3 Å². The lowest BCUT2D eigenvalue weighted by Gasteiger charge is -2.36.